The number of anilines is 1. The van der Waals surface area contributed by atoms with Crippen molar-refractivity contribution >= 4 is 11.6 Å². The fourth-order valence-corrected chi connectivity index (χ4v) is 2.51. The van der Waals surface area contributed by atoms with Gasteiger partial charge in [0.1, 0.15) is 0 Å². The van der Waals surface area contributed by atoms with E-state index in [1.54, 1.807) is 0 Å². The van der Waals surface area contributed by atoms with Gasteiger partial charge in [0.25, 0.3) is 5.91 Å². The predicted octanol–water partition coefficient (Wildman–Crippen LogP) is 3.15. The Bertz CT molecular complexity index is 470. The molecule has 1 N–H and O–H groups in total. The molecule has 0 aliphatic heterocycles. The van der Waals surface area contributed by atoms with Crippen LogP contribution >= 0.6 is 0 Å². The summed E-state index contributed by atoms with van der Waals surface area (Å²) >= 11 is 0. The molecule has 3 heteroatoms. The fraction of sp³-hybridized carbons (Fsp3) is 0.562. The molecule has 1 saturated carbocycles. The number of rotatable bonds is 5. The van der Waals surface area contributed by atoms with Crippen molar-refractivity contribution in [2.24, 2.45) is 11.8 Å². The van der Waals surface area contributed by atoms with E-state index in [9.17, 15) is 4.79 Å². The van der Waals surface area contributed by atoms with Crippen LogP contribution in [0.2, 0.25) is 0 Å². The van der Waals surface area contributed by atoms with Gasteiger partial charge < -0.3 is 10.2 Å². The van der Waals surface area contributed by atoms with E-state index in [2.05, 4.69) is 19.2 Å². The maximum absolute atomic E-state index is 12.4. The number of carbonyl (C=O) groups excluding carboxylic acids is 1. The lowest BCUT2D eigenvalue weighted by Gasteiger charge is -2.19. The standard InChI is InChI=1S/C16H24N2O/c1-5-17-14-6-7-15(12(3)9-14)16(19)18(4)10-13-8-11(13)2/h6-7,9,11,13,17H,5,8,10H2,1-4H3. The average molecular weight is 260 g/mol. The van der Waals surface area contributed by atoms with Crippen LogP contribution in [0.1, 0.15) is 36.2 Å². The number of hydrogen-bond acceptors (Lipinski definition) is 2. The zero-order valence-electron chi connectivity index (χ0n) is 12.4. The van der Waals surface area contributed by atoms with Crippen LogP contribution < -0.4 is 5.32 Å². The lowest BCUT2D eigenvalue weighted by Crippen LogP contribution is -2.29. The van der Waals surface area contributed by atoms with Gasteiger partial charge in [0.05, 0.1) is 0 Å². The smallest absolute Gasteiger partial charge is 0.253 e. The molecule has 1 aliphatic carbocycles. The molecule has 2 atom stereocenters. The number of carbonyl (C=O) groups is 1. The third kappa shape index (κ3) is 3.28. The number of nitrogens with one attached hydrogen (secondary N) is 1. The normalized spacial score (nSPS) is 21.1. The highest BCUT2D eigenvalue weighted by Gasteiger charge is 2.34. The Morgan fingerprint density at radius 3 is 2.68 bits per heavy atom. The van der Waals surface area contributed by atoms with Crippen LogP contribution in [0, 0.1) is 18.8 Å². The first-order valence-electron chi connectivity index (χ1n) is 7.13. The molecule has 0 aromatic heterocycles. The molecular formula is C16H24N2O. The molecule has 19 heavy (non-hydrogen) atoms. The molecule has 3 nitrogen and oxygen atoms in total. The van der Waals surface area contributed by atoms with Gasteiger partial charge in [-0.05, 0) is 55.9 Å². The van der Waals surface area contributed by atoms with Crippen LogP contribution in [0.3, 0.4) is 0 Å². The van der Waals surface area contributed by atoms with Crippen molar-refractivity contribution in [3.05, 3.63) is 29.3 Å². The maximum atomic E-state index is 12.4. The molecule has 1 aromatic rings. The Kier molecular flexibility index (Phi) is 4.13. The largest absolute Gasteiger partial charge is 0.385 e. The topological polar surface area (TPSA) is 32.3 Å². The molecule has 1 amide bonds. The van der Waals surface area contributed by atoms with Crippen LogP contribution in [0.5, 0.6) is 0 Å². The molecule has 2 unspecified atom stereocenters. The second-order valence-electron chi connectivity index (χ2n) is 5.72. The van der Waals surface area contributed by atoms with Crippen molar-refractivity contribution < 1.29 is 4.79 Å². The van der Waals surface area contributed by atoms with Gasteiger partial charge in [-0.25, -0.2) is 0 Å². The Hall–Kier alpha value is -1.51. The predicted molar refractivity (Wildman–Crippen MR) is 79.6 cm³/mol. The molecule has 1 fully saturated rings. The summed E-state index contributed by atoms with van der Waals surface area (Å²) in [4.78, 5) is 14.3. The minimum Gasteiger partial charge on any atom is -0.385 e. The molecule has 1 aromatic carbocycles. The molecule has 0 heterocycles. The Morgan fingerprint density at radius 1 is 1.47 bits per heavy atom. The fourth-order valence-electron chi connectivity index (χ4n) is 2.51. The molecule has 0 saturated heterocycles. The quantitative estimate of drug-likeness (QED) is 0.882. The van der Waals surface area contributed by atoms with E-state index in [4.69, 9.17) is 0 Å². The second-order valence-corrected chi connectivity index (χ2v) is 5.72. The minimum absolute atomic E-state index is 0.139. The Balaban J connectivity index is 2.05. The highest BCUT2D eigenvalue weighted by molar-refractivity contribution is 5.96. The summed E-state index contributed by atoms with van der Waals surface area (Å²) in [6.07, 6.45) is 1.26. The van der Waals surface area contributed by atoms with Gasteiger partial charge >= 0.3 is 0 Å². The van der Waals surface area contributed by atoms with Crippen molar-refractivity contribution in [3.63, 3.8) is 0 Å². The number of hydrogen-bond donors (Lipinski definition) is 1. The van der Waals surface area contributed by atoms with Crippen molar-refractivity contribution in [2.45, 2.75) is 27.2 Å². The van der Waals surface area contributed by atoms with Crippen LogP contribution in [-0.2, 0) is 0 Å². The lowest BCUT2D eigenvalue weighted by atomic mass is 10.1. The first-order chi connectivity index (χ1) is 9.02. The number of benzene rings is 1. The third-order valence-electron chi connectivity index (χ3n) is 3.97. The zero-order valence-corrected chi connectivity index (χ0v) is 12.4. The van der Waals surface area contributed by atoms with Crippen molar-refractivity contribution in [1.29, 1.82) is 0 Å². The van der Waals surface area contributed by atoms with Crippen molar-refractivity contribution in [3.8, 4) is 0 Å². The second kappa shape index (κ2) is 5.64. The summed E-state index contributed by atoms with van der Waals surface area (Å²) in [5.74, 6) is 1.63. The first kappa shape index (κ1) is 13.9. The van der Waals surface area contributed by atoms with Crippen molar-refractivity contribution in [2.75, 3.05) is 25.5 Å². The van der Waals surface area contributed by atoms with E-state index in [1.165, 1.54) is 6.42 Å². The van der Waals surface area contributed by atoms with Crippen LogP contribution in [0.25, 0.3) is 0 Å². The first-order valence-corrected chi connectivity index (χ1v) is 7.13. The maximum Gasteiger partial charge on any atom is 0.253 e. The number of amides is 1. The number of aryl methyl sites for hydroxylation is 1. The van der Waals surface area contributed by atoms with Gasteiger partial charge in [-0.2, -0.15) is 0 Å². The molecular weight excluding hydrogens is 236 g/mol. The summed E-state index contributed by atoms with van der Waals surface area (Å²) in [5, 5.41) is 3.27. The van der Waals surface area contributed by atoms with E-state index >= 15 is 0 Å². The van der Waals surface area contributed by atoms with Gasteiger partial charge in [0.15, 0.2) is 0 Å². The van der Waals surface area contributed by atoms with E-state index in [-0.39, 0.29) is 5.91 Å². The van der Waals surface area contributed by atoms with E-state index in [0.29, 0.717) is 5.92 Å². The average Bonchev–Trinajstić information content (AvgIpc) is 3.04. The van der Waals surface area contributed by atoms with Gasteiger partial charge in [-0.1, -0.05) is 6.92 Å². The monoisotopic (exact) mass is 260 g/mol. The lowest BCUT2D eigenvalue weighted by molar-refractivity contribution is 0.0786. The van der Waals surface area contributed by atoms with Crippen molar-refractivity contribution in [1.82, 2.24) is 4.90 Å². The van der Waals surface area contributed by atoms with E-state index < -0.39 is 0 Å². The summed E-state index contributed by atoms with van der Waals surface area (Å²) in [6, 6.07) is 5.96. The zero-order chi connectivity index (χ0) is 14.0. The molecule has 104 valence electrons. The molecule has 0 bridgehead atoms. The minimum atomic E-state index is 0.139. The van der Waals surface area contributed by atoms with E-state index in [1.807, 2.05) is 37.1 Å². The highest BCUT2D eigenvalue weighted by atomic mass is 16.2. The van der Waals surface area contributed by atoms with Crippen LogP contribution in [0.15, 0.2) is 18.2 Å². The van der Waals surface area contributed by atoms with Crippen LogP contribution in [0.4, 0.5) is 5.69 Å². The van der Waals surface area contributed by atoms with Gasteiger partial charge in [0.2, 0.25) is 0 Å². The van der Waals surface area contributed by atoms with E-state index in [0.717, 1.165) is 35.8 Å². The highest BCUT2D eigenvalue weighted by Crippen LogP contribution is 2.38. The van der Waals surface area contributed by atoms with Gasteiger partial charge in [0, 0.05) is 31.4 Å². The molecule has 0 spiro atoms. The summed E-state index contributed by atoms with van der Waals surface area (Å²) in [5.41, 5.74) is 2.94. The number of nitrogens with zero attached hydrogens (tertiary/aromatic N) is 1. The Morgan fingerprint density at radius 2 is 2.16 bits per heavy atom. The Labute approximate surface area is 116 Å². The summed E-state index contributed by atoms with van der Waals surface area (Å²) < 4.78 is 0. The summed E-state index contributed by atoms with van der Waals surface area (Å²) in [6.45, 7) is 8.10. The SMILES string of the molecule is CCNc1ccc(C(=O)N(C)CC2CC2C)c(C)c1. The summed E-state index contributed by atoms with van der Waals surface area (Å²) in [7, 11) is 1.91. The molecule has 2 rings (SSSR count). The van der Waals surface area contributed by atoms with Gasteiger partial charge in [-0.3, -0.25) is 4.79 Å². The molecule has 1 aliphatic rings. The third-order valence-corrected chi connectivity index (χ3v) is 3.97. The van der Waals surface area contributed by atoms with Crippen LogP contribution in [-0.4, -0.2) is 30.9 Å². The van der Waals surface area contributed by atoms with Gasteiger partial charge in [-0.15, -0.1) is 0 Å². The molecule has 0 radical (unpaired) electrons.